The molecule has 0 bridgehead atoms. The molecular formula is C18H17N3O3. The molecule has 0 radical (unpaired) electrons. The van der Waals surface area contributed by atoms with Crippen LogP contribution >= 0.6 is 0 Å². The first-order valence-corrected chi connectivity index (χ1v) is 7.26. The first-order valence-electron chi connectivity index (χ1n) is 7.26. The number of ether oxygens (including phenoxy) is 1. The van der Waals surface area contributed by atoms with E-state index in [1.165, 1.54) is 7.11 Å². The number of anilines is 2. The number of nitriles is 1. The molecule has 0 heterocycles. The van der Waals surface area contributed by atoms with E-state index in [4.69, 9.17) is 10.00 Å². The largest absolute Gasteiger partial charge is 0.495 e. The van der Waals surface area contributed by atoms with Gasteiger partial charge in [-0.15, -0.1) is 0 Å². The fourth-order valence-electron chi connectivity index (χ4n) is 2.09. The van der Waals surface area contributed by atoms with E-state index in [-0.39, 0.29) is 6.42 Å². The fourth-order valence-corrected chi connectivity index (χ4v) is 2.09. The second-order valence-electron chi connectivity index (χ2n) is 5.17. The molecule has 0 saturated heterocycles. The smallest absolute Gasteiger partial charge is 0.233 e. The van der Waals surface area contributed by atoms with Crippen LogP contribution in [0.5, 0.6) is 5.75 Å². The molecule has 0 spiro atoms. The maximum absolute atomic E-state index is 12.0. The van der Waals surface area contributed by atoms with Crippen molar-refractivity contribution in [2.75, 3.05) is 17.7 Å². The summed E-state index contributed by atoms with van der Waals surface area (Å²) in [4.78, 5) is 23.9. The lowest BCUT2D eigenvalue weighted by Gasteiger charge is -2.11. The van der Waals surface area contributed by atoms with Gasteiger partial charge in [0.1, 0.15) is 12.2 Å². The van der Waals surface area contributed by atoms with Crippen LogP contribution in [0.3, 0.4) is 0 Å². The van der Waals surface area contributed by atoms with Crippen LogP contribution in [0.25, 0.3) is 0 Å². The first kappa shape index (κ1) is 17.0. The maximum atomic E-state index is 12.0. The highest BCUT2D eigenvalue weighted by Gasteiger charge is 2.12. The molecule has 0 aliphatic carbocycles. The van der Waals surface area contributed by atoms with Crippen molar-refractivity contribution in [1.82, 2.24) is 0 Å². The predicted molar refractivity (Wildman–Crippen MR) is 90.8 cm³/mol. The van der Waals surface area contributed by atoms with Gasteiger partial charge in [0, 0.05) is 5.69 Å². The zero-order chi connectivity index (χ0) is 17.5. The normalized spacial score (nSPS) is 9.71. The lowest BCUT2D eigenvalue weighted by atomic mass is 10.2. The van der Waals surface area contributed by atoms with Gasteiger partial charge in [0.25, 0.3) is 0 Å². The molecule has 2 N–H and O–H groups in total. The highest BCUT2D eigenvalue weighted by Crippen LogP contribution is 2.25. The number of nitrogens with one attached hydrogen (secondary N) is 2. The standard InChI is InChI=1S/C18H17N3O3/c1-12-3-8-16(24-2)15(9-12)21-18(23)10-17(22)20-14-6-4-13(11-19)5-7-14/h3-9H,10H2,1-2H3,(H,20,22)(H,21,23). The van der Waals surface area contributed by atoms with Crippen molar-refractivity contribution < 1.29 is 14.3 Å². The molecule has 0 aromatic heterocycles. The van der Waals surface area contributed by atoms with E-state index >= 15 is 0 Å². The van der Waals surface area contributed by atoms with Gasteiger partial charge >= 0.3 is 0 Å². The minimum Gasteiger partial charge on any atom is -0.495 e. The van der Waals surface area contributed by atoms with Gasteiger partial charge in [-0.3, -0.25) is 9.59 Å². The van der Waals surface area contributed by atoms with Crippen molar-refractivity contribution in [3.05, 3.63) is 53.6 Å². The zero-order valence-corrected chi connectivity index (χ0v) is 13.4. The molecular weight excluding hydrogens is 306 g/mol. The molecule has 0 unspecified atom stereocenters. The molecule has 24 heavy (non-hydrogen) atoms. The molecule has 6 heteroatoms. The van der Waals surface area contributed by atoms with Gasteiger partial charge in [0.15, 0.2) is 0 Å². The highest BCUT2D eigenvalue weighted by atomic mass is 16.5. The third-order valence-electron chi connectivity index (χ3n) is 3.25. The van der Waals surface area contributed by atoms with E-state index in [9.17, 15) is 9.59 Å². The molecule has 0 aliphatic rings. The van der Waals surface area contributed by atoms with Crippen molar-refractivity contribution in [2.45, 2.75) is 13.3 Å². The minimum atomic E-state index is -0.441. The van der Waals surface area contributed by atoms with Crippen molar-refractivity contribution in [3.63, 3.8) is 0 Å². The summed E-state index contributed by atoms with van der Waals surface area (Å²) < 4.78 is 5.18. The van der Waals surface area contributed by atoms with E-state index in [2.05, 4.69) is 10.6 Å². The van der Waals surface area contributed by atoms with Crippen LogP contribution in [0.2, 0.25) is 0 Å². The first-order chi connectivity index (χ1) is 11.5. The second kappa shape index (κ2) is 7.79. The Balaban J connectivity index is 1.95. The third kappa shape index (κ3) is 4.58. The number of hydrogen-bond acceptors (Lipinski definition) is 4. The van der Waals surface area contributed by atoms with E-state index in [1.807, 2.05) is 19.1 Å². The summed E-state index contributed by atoms with van der Waals surface area (Å²) >= 11 is 0. The number of benzene rings is 2. The summed E-state index contributed by atoms with van der Waals surface area (Å²) in [7, 11) is 1.51. The Morgan fingerprint density at radius 2 is 1.75 bits per heavy atom. The summed E-state index contributed by atoms with van der Waals surface area (Å²) in [5.41, 5.74) is 2.51. The molecule has 2 aromatic rings. The van der Waals surface area contributed by atoms with E-state index in [1.54, 1.807) is 36.4 Å². The van der Waals surface area contributed by atoms with E-state index in [0.717, 1.165) is 5.56 Å². The summed E-state index contributed by atoms with van der Waals surface area (Å²) in [6.07, 6.45) is -0.322. The molecule has 0 fully saturated rings. The summed E-state index contributed by atoms with van der Waals surface area (Å²) in [6, 6.07) is 13.8. The number of methoxy groups -OCH3 is 1. The van der Waals surface area contributed by atoms with Gasteiger partial charge in [-0.05, 0) is 48.9 Å². The summed E-state index contributed by atoms with van der Waals surface area (Å²) in [5.74, 6) is -0.352. The van der Waals surface area contributed by atoms with Crippen LogP contribution in [0.4, 0.5) is 11.4 Å². The van der Waals surface area contributed by atoms with Crippen molar-refractivity contribution in [1.29, 1.82) is 5.26 Å². The van der Waals surface area contributed by atoms with Gasteiger partial charge in [-0.1, -0.05) is 6.07 Å². The van der Waals surface area contributed by atoms with Crippen molar-refractivity contribution in [3.8, 4) is 11.8 Å². The molecule has 2 amide bonds. The van der Waals surface area contributed by atoms with Gasteiger partial charge in [-0.25, -0.2) is 0 Å². The van der Waals surface area contributed by atoms with E-state index in [0.29, 0.717) is 22.7 Å². The van der Waals surface area contributed by atoms with E-state index < -0.39 is 11.8 Å². The van der Waals surface area contributed by atoms with Crippen LogP contribution in [0, 0.1) is 18.3 Å². The number of nitrogens with zero attached hydrogens (tertiary/aromatic N) is 1. The number of amides is 2. The Labute approximate surface area is 140 Å². The average molecular weight is 323 g/mol. The molecule has 2 aromatic carbocycles. The maximum Gasteiger partial charge on any atom is 0.233 e. The lowest BCUT2D eigenvalue weighted by Crippen LogP contribution is -2.21. The zero-order valence-electron chi connectivity index (χ0n) is 13.4. The lowest BCUT2D eigenvalue weighted by molar-refractivity contribution is -0.123. The Bertz CT molecular complexity index is 792. The Hall–Kier alpha value is -3.33. The van der Waals surface area contributed by atoms with Crippen LogP contribution in [-0.4, -0.2) is 18.9 Å². The van der Waals surface area contributed by atoms with Crippen LogP contribution in [-0.2, 0) is 9.59 Å². The third-order valence-corrected chi connectivity index (χ3v) is 3.25. The number of carbonyl (C=O) groups excluding carboxylic acids is 2. The second-order valence-corrected chi connectivity index (χ2v) is 5.17. The number of rotatable bonds is 5. The number of carbonyl (C=O) groups is 2. The molecule has 0 atom stereocenters. The van der Waals surface area contributed by atoms with Gasteiger partial charge in [0.05, 0.1) is 24.4 Å². The van der Waals surface area contributed by atoms with Crippen molar-refractivity contribution in [2.24, 2.45) is 0 Å². The number of aryl methyl sites for hydroxylation is 1. The average Bonchev–Trinajstić information content (AvgIpc) is 2.55. The summed E-state index contributed by atoms with van der Waals surface area (Å²) in [6.45, 7) is 1.90. The van der Waals surface area contributed by atoms with Crippen molar-refractivity contribution >= 4 is 23.2 Å². The monoisotopic (exact) mass is 323 g/mol. The summed E-state index contributed by atoms with van der Waals surface area (Å²) in [5, 5.41) is 14.0. The molecule has 2 rings (SSSR count). The molecule has 122 valence electrons. The van der Waals surface area contributed by atoms with Crippen LogP contribution < -0.4 is 15.4 Å². The SMILES string of the molecule is COc1ccc(C)cc1NC(=O)CC(=O)Nc1ccc(C#N)cc1. The molecule has 0 aliphatic heterocycles. The topological polar surface area (TPSA) is 91.2 Å². The molecule has 0 saturated carbocycles. The Morgan fingerprint density at radius 3 is 2.38 bits per heavy atom. The van der Waals surface area contributed by atoms with Gasteiger partial charge < -0.3 is 15.4 Å². The predicted octanol–water partition coefficient (Wildman–Crippen LogP) is 2.84. The number of hydrogen-bond donors (Lipinski definition) is 2. The Kier molecular flexibility index (Phi) is 5.53. The van der Waals surface area contributed by atoms with Crippen LogP contribution in [0.15, 0.2) is 42.5 Å². The molecule has 6 nitrogen and oxygen atoms in total. The highest BCUT2D eigenvalue weighted by molar-refractivity contribution is 6.08. The fraction of sp³-hybridized carbons (Fsp3) is 0.167. The van der Waals surface area contributed by atoms with Gasteiger partial charge in [-0.2, -0.15) is 5.26 Å². The van der Waals surface area contributed by atoms with Crippen LogP contribution in [0.1, 0.15) is 17.5 Å². The quantitative estimate of drug-likeness (QED) is 0.828. The van der Waals surface area contributed by atoms with Gasteiger partial charge in [0.2, 0.25) is 11.8 Å². The minimum absolute atomic E-state index is 0.322. The Morgan fingerprint density at radius 1 is 1.08 bits per heavy atom.